The number of hydrogen-bond donors (Lipinski definition) is 2. The monoisotopic (exact) mass is 541 g/mol. The highest BCUT2D eigenvalue weighted by molar-refractivity contribution is 6.04. The highest BCUT2D eigenvalue weighted by Gasteiger charge is 2.39. The van der Waals surface area contributed by atoms with Crippen LogP contribution in [0.2, 0.25) is 0 Å². The van der Waals surface area contributed by atoms with Crippen molar-refractivity contribution >= 4 is 29.5 Å². The molecule has 3 aromatic carbocycles. The lowest BCUT2D eigenvalue weighted by molar-refractivity contribution is 0.0774. The summed E-state index contributed by atoms with van der Waals surface area (Å²) >= 11 is 0. The van der Waals surface area contributed by atoms with Crippen LogP contribution in [-0.2, 0) is 10.2 Å². The molecule has 2 N–H and O–H groups in total. The number of urea groups is 1. The van der Waals surface area contributed by atoms with E-state index in [4.69, 9.17) is 9.84 Å². The number of cyclic esters (lactones) is 1. The van der Waals surface area contributed by atoms with Gasteiger partial charge in [-0.3, -0.25) is 10.1 Å². The Morgan fingerprint density at radius 1 is 0.950 bits per heavy atom. The van der Waals surface area contributed by atoms with Gasteiger partial charge in [0, 0.05) is 25.6 Å². The molecule has 1 saturated heterocycles. The summed E-state index contributed by atoms with van der Waals surface area (Å²) in [6.07, 6.45) is -0.687. The van der Waals surface area contributed by atoms with E-state index in [1.807, 2.05) is 88.4 Å². The second kappa shape index (κ2) is 10.7. The molecule has 1 fully saturated rings. The molecule has 208 valence electrons. The van der Waals surface area contributed by atoms with Crippen molar-refractivity contribution in [1.29, 1.82) is 0 Å². The Labute approximate surface area is 235 Å². The van der Waals surface area contributed by atoms with Gasteiger partial charge in [-0.25, -0.2) is 19.2 Å². The molecule has 4 amide bonds. The number of rotatable bonds is 5. The minimum absolute atomic E-state index is 0. The van der Waals surface area contributed by atoms with Gasteiger partial charge in [-0.05, 0) is 42.8 Å². The van der Waals surface area contributed by atoms with Gasteiger partial charge < -0.3 is 10.1 Å². The summed E-state index contributed by atoms with van der Waals surface area (Å²) in [5, 5.41) is 10.5. The van der Waals surface area contributed by atoms with Crippen molar-refractivity contribution < 1.29 is 22.0 Å². The minimum Gasteiger partial charge on any atom is -0.446 e. The van der Waals surface area contributed by atoms with Gasteiger partial charge in [-0.1, -0.05) is 74.9 Å². The van der Waals surface area contributed by atoms with E-state index in [0.717, 1.165) is 21.7 Å². The minimum atomic E-state index is -0.687. The second-order valence-electron chi connectivity index (χ2n) is 10.8. The van der Waals surface area contributed by atoms with E-state index in [9.17, 15) is 14.4 Å². The number of imide groups is 1. The molecule has 1 aliphatic rings. The molecule has 2 heterocycles. The van der Waals surface area contributed by atoms with Crippen molar-refractivity contribution in [3.05, 3.63) is 107 Å². The van der Waals surface area contributed by atoms with Crippen LogP contribution in [-0.4, -0.2) is 39.3 Å². The van der Waals surface area contributed by atoms with Gasteiger partial charge in [0.2, 0.25) is 0 Å². The first-order valence-electron chi connectivity index (χ1n) is 13.0. The molecule has 0 aliphatic carbocycles. The number of aryl methyl sites for hydroxylation is 1. The zero-order valence-electron chi connectivity index (χ0n) is 22.8. The van der Waals surface area contributed by atoms with Gasteiger partial charge in [0.25, 0.3) is 5.91 Å². The van der Waals surface area contributed by atoms with Crippen LogP contribution in [0.3, 0.4) is 0 Å². The van der Waals surface area contributed by atoms with E-state index in [1.165, 1.54) is 0 Å². The zero-order chi connectivity index (χ0) is 28.4. The molecule has 5 rings (SSSR count). The Hall–Kier alpha value is -4.92. The molecule has 0 bridgehead atoms. The SMILES string of the molecule is Cc1ccc(NC(=O)Nc2cc(C(C)(C)C)nn2-c2cccc(C(=O)N3C(=O)OC[C@H]3c3ccccc3)c2)cc1.[HH].[HH]. The number of amides is 4. The quantitative estimate of drug-likeness (QED) is 0.284. The zero-order valence-corrected chi connectivity index (χ0v) is 22.8. The third kappa shape index (κ3) is 5.58. The van der Waals surface area contributed by atoms with E-state index in [1.54, 1.807) is 28.9 Å². The summed E-state index contributed by atoms with van der Waals surface area (Å²) in [7, 11) is 0. The van der Waals surface area contributed by atoms with Crippen molar-refractivity contribution in [2.45, 2.75) is 39.2 Å². The van der Waals surface area contributed by atoms with Crippen LogP contribution in [0.15, 0.2) is 84.9 Å². The van der Waals surface area contributed by atoms with Crippen molar-refractivity contribution in [3.63, 3.8) is 0 Å². The first-order valence-corrected chi connectivity index (χ1v) is 13.0. The van der Waals surface area contributed by atoms with Crippen LogP contribution in [0.4, 0.5) is 21.1 Å². The highest BCUT2D eigenvalue weighted by Crippen LogP contribution is 2.31. The number of ether oxygens (including phenoxy) is 1. The molecule has 4 aromatic rings. The van der Waals surface area contributed by atoms with Crippen molar-refractivity contribution in [3.8, 4) is 5.69 Å². The van der Waals surface area contributed by atoms with E-state index in [2.05, 4.69) is 10.6 Å². The molecule has 0 radical (unpaired) electrons. The summed E-state index contributed by atoms with van der Waals surface area (Å²) in [5.74, 6) is -0.0464. The lowest BCUT2D eigenvalue weighted by Gasteiger charge is -2.20. The first-order chi connectivity index (χ1) is 19.1. The molecule has 0 saturated carbocycles. The maximum Gasteiger partial charge on any atom is 0.417 e. The number of carbonyl (C=O) groups is 3. The van der Waals surface area contributed by atoms with Crippen molar-refractivity contribution in [2.24, 2.45) is 0 Å². The number of nitrogens with one attached hydrogen (secondary N) is 2. The average Bonchev–Trinajstić information content (AvgIpc) is 3.54. The average molecular weight is 542 g/mol. The predicted octanol–water partition coefficient (Wildman–Crippen LogP) is 6.95. The standard InChI is InChI=1S/C31H31N5O4.2H2/c1-20-13-15-23(16-14-20)32-29(38)33-27-18-26(31(2,3)4)34-36(27)24-12-8-11-22(17-24)28(37)35-25(19-40-30(35)39)21-9-6-5-7-10-21;;/h5-18,25H,19H2,1-4H3,(H2,32,33,38);2*1H/t25-;;/m0../s1. The van der Waals surface area contributed by atoms with Gasteiger partial charge in [0.15, 0.2) is 0 Å². The summed E-state index contributed by atoms with van der Waals surface area (Å²) in [5.41, 5.74) is 3.85. The molecule has 1 aliphatic heterocycles. The molecule has 9 nitrogen and oxygen atoms in total. The maximum absolute atomic E-state index is 13.6. The van der Waals surface area contributed by atoms with Crippen LogP contribution in [0.5, 0.6) is 0 Å². The number of carbonyl (C=O) groups excluding carboxylic acids is 3. The molecule has 0 unspecified atom stereocenters. The van der Waals surface area contributed by atoms with Crippen LogP contribution in [0.1, 0.15) is 56.8 Å². The summed E-state index contributed by atoms with van der Waals surface area (Å²) in [4.78, 5) is 40.2. The number of anilines is 2. The fourth-order valence-electron chi connectivity index (χ4n) is 4.43. The van der Waals surface area contributed by atoms with Crippen LogP contribution >= 0.6 is 0 Å². The number of nitrogens with zero attached hydrogens (tertiary/aromatic N) is 3. The van der Waals surface area contributed by atoms with Crippen LogP contribution in [0.25, 0.3) is 5.69 Å². The fourth-order valence-corrected chi connectivity index (χ4v) is 4.43. The Morgan fingerprint density at radius 2 is 1.68 bits per heavy atom. The van der Waals surface area contributed by atoms with Gasteiger partial charge in [0.1, 0.15) is 18.5 Å². The maximum atomic E-state index is 13.6. The third-order valence-corrected chi connectivity index (χ3v) is 6.64. The Morgan fingerprint density at radius 3 is 2.38 bits per heavy atom. The summed E-state index contributed by atoms with van der Waals surface area (Å²) in [6, 6.07) is 24.5. The lowest BCUT2D eigenvalue weighted by atomic mass is 9.92. The Bertz CT molecular complexity index is 1570. The predicted molar refractivity (Wildman–Crippen MR) is 157 cm³/mol. The van der Waals surface area contributed by atoms with Crippen LogP contribution in [0, 0.1) is 6.92 Å². The van der Waals surface area contributed by atoms with Gasteiger partial charge in [-0.2, -0.15) is 5.10 Å². The van der Waals surface area contributed by atoms with Gasteiger partial charge in [0.05, 0.1) is 11.4 Å². The molecule has 1 aromatic heterocycles. The Balaban J connectivity index is 0.00000242. The second-order valence-corrected chi connectivity index (χ2v) is 10.8. The largest absolute Gasteiger partial charge is 0.446 e. The van der Waals surface area contributed by atoms with Crippen molar-refractivity contribution in [2.75, 3.05) is 17.2 Å². The van der Waals surface area contributed by atoms with E-state index in [-0.39, 0.29) is 14.9 Å². The van der Waals surface area contributed by atoms with Crippen LogP contribution < -0.4 is 10.6 Å². The molecule has 40 heavy (non-hydrogen) atoms. The van der Waals surface area contributed by atoms with Gasteiger partial charge >= 0.3 is 12.1 Å². The summed E-state index contributed by atoms with van der Waals surface area (Å²) < 4.78 is 6.83. The smallest absolute Gasteiger partial charge is 0.417 e. The van der Waals surface area contributed by atoms with E-state index < -0.39 is 24.1 Å². The number of aromatic nitrogens is 2. The van der Waals surface area contributed by atoms with Crippen molar-refractivity contribution in [1.82, 2.24) is 14.7 Å². The number of benzene rings is 3. The molecular formula is C31H35N5O4. The molecular weight excluding hydrogens is 506 g/mol. The summed E-state index contributed by atoms with van der Waals surface area (Å²) in [6.45, 7) is 8.14. The molecule has 1 atom stereocenters. The fraction of sp³-hybridized carbons (Fsp3) is 0.226. The molecule has 9 heteroatoms. The first kappa shape index (κ1) is 26.7. The third-order valence-electron chi connectivity index (χ3n) is 6.64. The van der Waals surface area contributed by atoms with Gasteiger partial charge in [-0.15, -0.1) is 0 Å². The number of hydrogen-bond acceptors (Lipinski definition) is 5. The van der Waals surface area contributed by atoms with E-state index >= 15 is 0 Å². The normalized spacial score (nSPS) is 15.1. The lowest BCUT2D eigenvalue weighted by Crippen LogP contribution is -2.34. The van der Waals surface area contributed by atoms with E-state index in [0.29, 0.717) is 22.8 Å². The Kier molecular flexibility index (Phi) is 7.13. The highest BCUT2D eigenvalue weighted by atomic mass is 16.6. The molecule has 0 spiro atoms. The topological polar surface area (TPSA) is 106 Å².